The Bertz CT molecular complexity index is 609. The molecule has 1 aromatic heterocycles. The number of carbonyl (C=O) groups excluding carboxylic acids is 1. The van der Waals surface area contributed by atoms with Gasteiger partial charge in [0.2, 0.25) is 5.91 Å². The van der Waals surface area contributed by atoms with Crippen LogP contribution in [0.2, 0.25) is 0 Å². The van der Waals surface area contributed by atoms with Gasteiger partial charge < -0.3 is 9.64 Å². The van der Waals surface area contributed by atoms with Crippen molar-refractivity contribution in [3.8, 4) is 0 Å². The van der Waals surface area contributed by atoms with Crippen LogP contribution >= 0.6 is 11.3 Å². The molecule has 2 saturated heterocycles. The average molecular weight is 344 g/mol. The summed E-state index contributed by atoms with van der Waals surface area (Å²) >= 11 is 1.20. The standard InChI is InChI=1S/C14H20N2O4S2/c17-14(15-7-9-20-10-8-15)12-4-1-2-6-16(12)22(18,19)13-5-3-11-21-13/h3,5,11-12H,1-2,4,6-10H2/t12-/m1/s1. The maximum absolute atomic E-state index is 12.8. The van der Waals surface area contributed by atoms with Crippen LogP contribution in [-0.2, 0) is 19.6 Å². The van der Waals surface area contributed by atoms with Gasteiger partial charge in [-0.15, -0.1) is 11.3 Å². The van der Waals surface area contributed by atoms with Gasteiger partial charge in [0.15, 0.2) is 0 Å². The zero-order valence-corrected chi connectivity index (χ0v) is 13.9. The molecule has 0 aromatic carbocycles. The highest BCUT2D eigenvalue weighted by Gasteiger charge is 2.40. The third-order valence-electron chi connectivity index (χ3n) is 4.12. The molecule has 0 unspecified atom stereocenters. The second kappa shape index (κ2) is 6.66. The summed E-state index contributed by atoms with van der Waals surface area (Å²) < 4.78 is 32.6. The first-order valence-corrected chi connectivity index (χ1v) is 9.84. The lowest BCUT2D eigenvalue weighted by atomic mass is 10.0. The van der Waals surface area contributed by atoms with E-state index in [1.807, 2.05) is 0 Å². The average Bonchev–Trinajstić information content (AvgIpc) is 3.10. The van der Waals surface area contributed by atoms with Gasteiger partial charge in [0, 0.05) is 19.6 Å². The zero-order valence-electron chi connectivity index (χ0n) is 12.3. The summed E-state index contributed by atoms with van der Waals surface area (Å²) in [7, 11) is -3.58. The van der Waals surface area contributed by atoms with Crippen molar-refractivity contribution in [1.82, 2.24) is 9.21 Å². The number of hydrogen-bond acceptors (Lipinski definition) is 5. The molecule has 122 valence electrons. The quantitative estimate of drug-likeness (QED) is 0.825. The van der Waals surface area contributed by atoms with E-state index in [9.17, 15) is 13.2 Å². The van der Waals surface area contributed by atoms with E-state index in [0.717, 1.165) is 12.8 Å². The molecule has 0 bridgehead atoms. The Labute approximate surface area is 134 Å². The normalized spacial score (nSPS) is 24.4. The molecular formula is C14H20N2O4S2. The van der Waals surface area contributed by atoms with Crippen LogP contribution in [0.4, 0.5) is 0 Å². The number of amides is 1. The molecule has 0 saturated carbocycles. The molecule has 8 heteroatoms. The molecule has 1 atom stereocenters. The first kappa shape index (κ1) is 15.9. The third-order valence-corrected chi connectivity index (χ3v) is 7.40. The van der Waals surface area contributed by atoms with Crippen molar-refractivity contribution in [2.24, 2.45) is 0 Å². The summed E-state index contributed by atoms with van der Waals surface area (Å²) in [5.74, 6) is -0.0804. The fourth-order valence-electron chi connectivity index (χ4n) is 2.96. The molecule has 3 rings (SSSR count). The van der Waals surface area contributed by atoms with E-state index in [-0.39, 0.29) is 5.91 Å². The van der Waals surface area contributed by atoms with E-state index < -0.39 is 16.1 Å². The van der Waals surface area contributed by atoms with Crippen LogP contribution in [0, 0.1) is 0 Å². The summed E-state index contributed by atoms with van der Waals surface area (Å²) in [6.07, 6.45) is 2.29. The van der Waals surface area contributed by atoms with E-state index in [4.69, 9.17) is 4.74 Å². The fraction of sp³-hybridized carbons (Fsp3) is 0.643. The first-order chi connectivity index (χ1) is 10.6. The van der Waals surface area contributed by atoms with Gasteiger partial charge in [0.1, 0.15) is 10.3 Å². The Kier molecular flexibility index (Phi) is 4.82. The van der Waals surface area contributed by atoms with Crippen LogP contribution < -0.4 is 0 Å². The van der Waals surface area contributed by atoms with E-state index in [1.54, 1.807) is 22.4 Å². The molecule has 0 spiro atoms. The number of rotatable bonds is 3. The molecule has 0 N–H and O–H groups in total. The fourth-order valence-corrected chi connectivity index (χ4v) is 5.73. The second-order valence-electron chi connectivity index (χ2n) is 5.50. The van der Waals surface area contributed by atoms with Crippen LogP contribution in [0.15, 0.2) is 21.7 Å². The van der Waals surface area contributed by atoms with E-state index in [1.165, 1.54) is 15.6 Å². The van der Waals surface area contributed by atoms with Crippen molar-refractivity contribution in [3.63, 3.8) is 0 Å². The van der Waals surface area contributed by atoms with Gasteiger partial charge in [-0.3, -0.25) is 4.79 Å². The van der Waals surface area contributed by atoms with Gasteiger partial charge in [-0.05, 0) is 24.3 Å². The van der Waals surface area contributed by atoms with Crippen molar-refractivity contribution < 1.29 is 17.9 Å². The highest BCUT2D eigenvalue weighted by Crippen LogP contribution is 2.28. The lowest BCUT2D eigenvalue weighted by Crippen LogP contribution is -2.54. The van der Waals surface area contributed by atoms with E-state index in [2.05, 4.69) is 0 Å². The van der Waals surface area contributed by atoms with Gasteiger partial charge in [0.05, 0.1) is 13.2 Å². The van der Waals surface area contributed by atoms with Crippen LogP contribution in [0.5, 0.6) is 0 Å². The third kappa shape index (κ3) is 3.05. The summed E-state index contributed by atoms with van der Waals surface area (Å²) in [6.45, 7) is 2.55. The van der Waals surface area contributed by atoms with E-state index in [0.29, 0.717) is 43.5 Å². The first-order valence-electron chi connectivity index (χ1n) is 7.52. The minimum absolute atomic E-state index is 0.0804. The summed E-state index contributed by atoms with van der Waals surface area (Å²) in [5, 5.41) is 1.75. The number of ether oxygens (including phenoxy) is 1. The summed E-state index contributed by atoms with van der Waals surface area (Å²) in [4.78, 5) is 14.5. The van der Waals surface area contributed by atoms with Crippen molar-refractivity contribution in [2.75, 3.05) is 32.8 Å². The minimum Gasteiger partial charge on any atom is -0.378 e. The van der Waals surface area contributed by atoms with Crippen molar-refractivity contribution >= 4 is 27.3 Å². The van der Waals surface area contributed by atoms with Crippen LogP contribution in [0.1, 0.15) is 19.3 Å². The molecule has 22 heavy (non-hydrogen) atoms. The molecule has 1 aromatic rings. The molecule has 2 aliphatic heterocycles. The molecular weight excluding hydrogens is 324 g/mol. The highest BCUT2D eigenvalue weighted by atomic mass is 32.2. The molecule has 6 nitrogen and oxygen atoms in total. The monoisotopic (exact) mass is 344 g/mol. The topological polar surface area (TPSA) is 66.9 Å². The zero-order chi connectivity index (χ0) is 15.6. The number of hydrogen-bond donors (Lipinski definition) is 0. The number of piperidine rings is 1. The van der Waals surface area contributed by atoms with Gasteiger partial charge in [0.25, 0.3) is 10.0 Å². The number of morpholine rings is 1. The van der Waals surface area contributed by atoms with Crippen molar-refractivity contribution in [3.05, 3.63) is 17.5 Å². The van der Waals surface area contributed by atoms with Gasteiger partial charge in [-0.1, -0.05) is 12.5 Å². The molecule has 2 aliphatic rings. The highest BCUT2D eigenvalue weighted by molar-refractivity contribution is 7.91. The number of nitrogens with zero attached hydrogens (tertiary/aromatic N) is 2. The Morgan fingerprint density at radius 3 is 2.68 bits per heavy atom. The SMILES string of the molecule is O=C([C@H]1CCCCN1S(=O)(=O)c1cccs1)N1CCOCC1. The minimum atomic E-state index is -3.58. The molecule has 0 aliphatic carbocycles. The Morgan fingerprint density at radius 1 is 1.23 bits per heavy atom. The van der Waals surface area contributed by atoms with Crippen molar-refractivity contribution in [1.29, 1.82) is 0 Å². The Hall–Kier alpha value is -0.960. The lowest BCUT2D eigenvalue weighted by Gasteiger charge is -2.37. The van der Waals surface area contributed by atoms with Crippen LogP contribution in [0.25, 0.3) is 0 Å². The number of thiophene rings is 1. The Morgan fingerprint density at radius 2 is 2.00 bits per heavy atom. The molecule has 2 fully saturated rings. The predicted molar refractivity (Wildman–Crippen MR) is 83.2 cm³/mol. The maximum Gasteiger partial charge on any atom is 0.253 e. The van der Waals surface area contributed by atoms with Crippen LogP contribution in [0.3, 0.4) is 0 Å². The number of sulfonamides is 1. The van der Waals surface area contributed by atoms with Gasteiger partial charge >= 0.3 is 0 Å². The summed E-state index contributed by atoms with van der Waals surface area (Å²) in [6, 6.07) is 2.75. The molecule has 3 heterocycles. The Balaban J connectivity index is 1.83. The van der Waals surface area contributed by atoms with Gasteiger partial charge in [-0.25, -0.2) is 8.42 Å². The maximum atomic E-state index is 12.8. The largest absolute Gasteiger partial charge is 0.378 e. The van der Waals surface area contributed by atoms with Crippen LogP contribution in [-0.4, -0.2) is 62.4 Å². The smallest absolute Gasteiger partial charge is 0.253 e. The van der Waals surface area contributed by atoms with Crippen molar-refractivity contribution in [2.45, 2.75) is 29.5 Å². The molecule has 0 radical (unpaired) electrons. The molecule has 1 amide bonds. The second-order valence-corrected chi connectivity index (χ2v) is 8.56. The van der Waals surface area contributed by atoms with E-state index >= 15 is 0 Å². The lowest BCUT2D eigenvalue weighted by molar-refractivity contribution is -0.140. The predicted octanol–water partition coefficient (Wildman–Crippen LogP) is 1.15. The van der Waals surface area contributed by atoms with Gasteiger partial charge in [-0.2, -0.15) is 4.31 Å². The number of carbonyl (C=O) groups is 1. The summed E-state index contributed by atoms with van der Waals surface area (Å²) in [5.41, 5.74) is 0.